The number of rotatable bonds is 8. The van der Waals surface area contributed by atoms with E-state index in [0.29, 0.717) is 24.7 Å². The first-order valence-electron chi connectivity index (χ1n) is 10.3. The number of amides is 1. The second kappa shape index (κ2) is 8.97. The molecule has 0 aliphatic carbocycles. The molecule has 0 saturated carbocycles. The lowest BCUT2D eigenvalue weighted by Gasteiger charge is -2.11. The number of nitrogens with one attached hydrogen (secondary N) is 2. The second-order valence-corrected chi connectivity index (χ2v) is 8.55. The fourth-order valence-electron chi connectivity index (χ4n) is 3.68. The summed E-state index contributed by atoms with van der Waals surface area (Å²) in [5.41, 5.74) is 2.93. The Morgan fingerprint density at radius 1 is 1.19 bits per heavy atom. The molecule has 31 heavy (non-hydrogen) atoms. The summed E-state index contributed by atoms with van der Waals surface area (Å²) in [5.74, 6) is 0.782. The van der Waals surface area contributed by atoms with Crippen molar-refractivity contribution in [3.63, 3.8) is 0 Å². The Bertz CT molecular complexity index is 1230. The van der Waals surface area contributed by atoms with Crippen molar-refractivity contribution in [2.24, 2.45) is 7.05 Å². The van der Waals surface area contributed by atoms with E-state index >= 15 is 0 Å². The van der Waals surface area contributed by atoms with Crippen molar-refractivity contribution in [2.45, 2.75) is 38.0 Å². The molecule has 0 spiro atoms. The number of hydrogen-bond acceptors (Lipinski definition) is 6. The van der Waals surface area contributed by atoms with E-state index in [0.717, 1.165) is 33.3 Å². The highest BCUT2D eigenvalue weighted by Gasteiger charge is 2.14. The van der Waals surface area contributed by atoms with Crippen molar-refractivity contribution in [3.8, 4) is 0 Å². The second-order valence-electron chi connectivity index (χ2n) is 7.77. The van der Waals surface area contributed by atoms with Crippen LogP contribution in [0.15, 0.2) is 41.8 Å². The van der Waals surface area contributed by atoms with Gasteiger partial charge in [0.1, 0.15) is 5.82 Å². The molecule has 1 aromatic carbocycles. The van der Waals surface area contributed by atoms with Crippen LogP contribution in [0.25, 0.3) is 21.9 Å². The largest absolute Gasteiger partial charge is 0.367 e. The number of hydrogen-bond donors (Lipinski definition) is 2. The zero-order valence-electron chi connectivity index (χ0n) is 18.2. The van der Waals surface area contributed by atoms with E-state index in [-0.39, 0.29) is 11.9 Å². The molecule has 4 rings (SSSR count). The predicted molar refractivity (Wildman–Crippen MR) is 125 cm³/mol. The molecule has 0 aliphatic rings. The Labute approximate surface area is 185 Å². The maximum atomic E-state index is 12.5. The lowest BCUT2D eigenvalue weighted by Crippen LogP contribution is -2.28. The quantitative estimate of drug-likeness (QED) is 0.325. The van der Waals surface area contributed by atoms with Gasteiger partial charge in [-0.2, -0.15) is 5.10 Å². The van der Waals surface area contributed by atoms with Gasteiger partial charge in [0.15, 0.2) is 10.8 Å². The van der Waals surface area contributed by atoms with E-state index in [1.807, 2.05) is 36.3 Å². The number of carbonyl (C=O) groups excluding carboxylic acids is 1. The van der Waals surface area contributed by atoms with E-state index in [9.17, 15) is 4.79 Å². The van der Waals surface area contributed by atoms with Crippen molar-refractivity contribution in [1.29, 1.82) is 0 Å². The van der Waals surface area contributed by atoms with Gasteiger partial charge in [-0.3, -0.25) is 4.79 Å². The molecular formula is C22H27N7OS. The molecule has 0 aliphatic heterocycles. The molecule has 0 bridgehead atoms. The van der Waals surface area contributed by atoms with Gasteiger partial charge in [0, 0.05) is 36.7 Å². The van der Waals surface area contributed by atoms with Crippen LogP contribution in [0.2, 0.25) is 0 Å². The Kier molecular flexibility index (Phi) is 6.13. The third-order valence-corrected chi connectivity index (χ3v) is 5.61. The van der Waals surface area contributed by atoms with Crippen LogP contribution >= 0.6 is 11.8 Å². The monoisotopic (exact) mass is 437 g/mol. The normalized spacial score (nSPS) is 11.5. The number of benzene rings is 1. The molecule has 0 atom stereocenters. The highest BCUT2D eigenvalue weighted by molar-refractivity contribution is 7.98. The number of para-hydroxylation sites is 1. The number of anilines is 1. The zero-order chi connectivity index (χ0) is 22.0. The standard InChI is InChI=1S/C22H27N7OS/c1-14(2)25-20-17-12-24-29(21(17)27-22(26-20)31-4)10-9-23-19(30)11-15-13-28(3)18-8-6-5-7-16(15)18/h5-8,12-14H,9-11H2,1-4H3,(H,23,30)(H,25,26,27). The number of aromatic nitrogens is 5. The van der Waals surface area contributed by atoms with Crippen molar-refractivity contribution < 1.29 is 4.79 Å². The summed E-state index contributed by atoms with van der Waals surface area (Å²) >= 11 is 1.49. The summed E-state index contributed by atoms with van der Waals surface area (Å²) in [5, 5.41) is 13.5. The van der Waals surface area contributed by atoms with Crippen molar-refractivity contribution in [1.82, 2.24) is 29.6 Å². The zero-order valence-corrected chi connectivity index (χ0v) is 19.0. The Balaban J connectivity index is 1.44. The topological polar surface area (TPSA) is 89.7 Å². The predicted octanol–water partition coefficient (Wildman–Crippen LogP) is 3.22. The summed E-state index contributed by atoms with van der Waals surface area (Å²) in [6, 6.07) is 8.38. The van der Waals surface area contributed by atoms with Gasteiger partial charge in [-0.15, -0.1) is 0 Å². The lowest BCUT2D eigenvalue weighted by atomic mass is 10.1. The average molecular weight is 438 g/mol. The van der Waals surface area contributed by atoms with Crippen LogP contribution in [0.3, 0.4) is 0 Å². The number of fused-ring (bicyclic) bond motifs is 2. The molecule has 0 fully saturated rings. The third-order valence-electron chi connectivity index (χ3n) is 5.06. The lowest BCUT2D eigenvalue weighted by molar-refractivity contribution is -0.120. The van der Waals surface area contributed by atoms with Gasteiger partial charge in [0.2, 0.25) is 5.91 Å². The van der Waals surface area contributed by atoms with E-state index in [2.05, 4.69) is 56.2 Å². The van der Waals surface area contributed by atoms with Crippen molar-refractivity contribution >= 4 is 45.4 Å². The minimum Gasteiger partial charge on any atom is -0.367 e. The molecule has 4 aromatic rings. The van der Waals surface area contributed by atoms with Gasteiger partial charge in [-0.05, 0) is 31.7 Å². The third kappa shape index (κ3) is 4.51. The molecular weight excluding hydrogens is 410 g/mol. The average Bonchev–Trinajstić information content (AvgIpc) is 3.29. The van der Waals surface area contributed by atoms with Crippen LogP contribution in [-0.2, 0) is 24.8 Å². The van der Waals surface area contributed by atoms with Crippen molar-refractivity contribution in [3.05, 3.63) is 42.2 Å². The fraction of sp³-hybridized carbons (Fsp3) is 0.364. The fourth-order valence-corrected chi connectivity index (χ4v) is 4.04. The smallest absolute Gasteiger partial charge is 0.224 e. The summed E-state index contributed by atoms with van der Waals surface area (Å²) in [7, 11) is 2.00. The van der Waals surface area contributed by atoms with Gasteiger partial charge < -0.3 is 15.2 Å². The maximum Gasteiger partial charge on any atom is 0.224 e. The van der Waals surface area contributed by atoms with E-state index in [1.165, 1.54) is 11.8 Å². The Morgan fingerprint density at radius 3 is 2.77 bits per heavy atom. The van der Waals surface area contributed by atoms with Gasteiger partial charge in [0.05, 0.1) is 24.5 Å². The van der Waals surface area contributed by atoms with Gasteiger partial charge in [-0.1, -0.05) is 30.0 Å². The molecule has 1 amide bonds. The molecule has 0 radical (unpaired) electrons. The summed E-state index contributed by atoms with van der Waals surface area (Å²) in [6.07, 6.45) is 6.11. The van der Waals surface area contributed by atoms with E-state index in [1.54, 1.807) is 6.20 Å². The first-order valence-corrected chi connectivity index (χ1v) is 11.5. The Morgan fingerprint density at radius 2 is 2.00 bits per heavy atom. The molecule has 0 saturated heterocycles. The van der Waals surface area contributed by atoms with E-state index in [4.69, 9.17) is 0 Å². The first-order chi connectivity index (χ1) is 15.0. The SMILES string of the molecule is CSc1nc(NC(C)C)c2cnn(CCNC(=O)Cc3cn(C)c4ccccc34)c2n1. The molecule has 162 valence electrons. The van der Waals surface area contributed by atoms with Crippen molar-refractivity contribution in [2.75, 3.05) is 18.1 Å². The number of thioether (sulfide) groups is 1. The van der Waals surface area contributed by atoms with Gasteiger partial charge >= 0.3 is 0 Å². The van der Waals surface area contributed by atoms with Crippen LogP contribution in [-0.4, -0.2) is 49.1 Å². The van der Waals surface area contributed by atoms with Crippen LogP contribution < -0.4 is 10.6 Å². The summed E-state index contributed by atoms with van der Waals surface area (Å²) in [4.78, 5) is 21.7. The van der Waals surface area contributed by atoms with Crippen LogP contribution in [0, 0.1) is 0 Å². The minimum absolute atomic E-state index is 0.00518. The van der Waals surface area contributed by atoms with Crippen LogP contribution in [0.5, 0.6) is 0 Å². The van der Waals surface area contributed by atoms with Crippen LogP contribution in [0.1, 0.15) is 19.4 Å². The van der Waals surface area contributed by atoms with Gasteiger partial charge in [0.25, 0.3) is 0 Å². The highest BCUT2D eigenvalue weighted by atomic mass is 32.2. The maximum absolute atomic E-state index is 12.5. The number of nitrogens with zero attached hydrogens (tertiary/aromatic N) is 5. The Hall–Kier alpha value is -3.07. The first kappa shape index (κ1) is 21.2. The molecule has 0 unspecified atom stereocenters. The molecule has 2 N–H and O–H groups in total. The highest BCUT2D eigenvalue weighted by Crippen LogP contribution is 2.24. The van der Waals surface area contributed by atoms with Gasteiger partial charge in [-0.25, -0.2) is 14.6 Å². The number of carbonyl (C=O) groups is 1. The minimum atomic E-state index is -0.00518. The van der Waals surface area contributed by atoms with E-state index < -0.39 is 0 Å². The van der Waals surface area contributed by atoms with Crippen LogP contribution in [0.4, 0.5) is 5.82 Å². The molecule has 3 heterocycles. The molecule has 8 nitrogen and oxygen atoms in total. The summed E-state index contributed by atoms with van der Waals surface area (Å²) in [6.45, 7) is 5.16. The molecule has 9 heteroatoms. The molecule has 3 aromatic heterocycles. The summed E-state index contributed by atoms with van der Waals surface area (Å²) < 4.78 is 3.88. The number of aryl methyl sites for hydroxylation is 1.